The van der Waals surface area contributed by atoms with Crippen LogP contribution in [0.3, 0.4) is 0 Å². The molecular weight excluding hydrogens is 406 g/mol. The lowest BCUT2D eigenvalue weighted by molar-refractivity contribution is -0.142. The molecule has 2 aromatic rings. The fourth-order valence-electron chi connectivity index (χ4n) is 2.77. The Morgan fingerprint density at radius 2 is 1.43 bits per heavy atom. The highest BCUT2D eigenvalue weighted by atomic mass is 32.1. The van der Waals surface area contributed by atoms with Gasteiger partial charge in [-0.15, -0.1) is 0 Å². The molecule has 2 rings (SSSR count). The molecule has 8 nitrogen and oxygen atoms in total. The van der Waals surface area contributed by atoms with E-state index in [9.17, 15) is 24.6 Å². The number of carbonyl (C=O) groups excluding carboxylic acids is 2. The molecule has 2 aromatic carbocycles. The molecule has 0 fully saturated rings. The Labute approximate surface area is 179 Å². The van der Waals surface area contributed by atoms with Crippen molar-refractivity contribution in [2.45, 2.75) is 31.0 Å². The first-order valence-electron chi connectivity index (χ1n) is 9.32. The van der Waals surface area contributed by atoms with Gasteiger partial charge in [0.1, 0.15) is 17.8 Å². The van der Waals surface area contributed by atoms with Crippen molar-refractivity contribution < 1.29 is 24.6 Å². The fraction of sp³-hybridized carbons (Fsp3) is 0.286. The number of thiol groups is 1. The summed E-state index contributed by atoms with van der Waals surface area (Å²) < 4.78 is 0. The minimum absolute atomic E-state index is 0.0160. The van der Waals surface area contributed by atoms with Crippen LogP contribution in [-0.2, 0) is 27.2 Å². The number of rotatable bonds is 10. The highest BCUT2D eigenvalue weighted by Gasteiger charge is 2.27. The third-order valence-electron chi connectivity index (χ3n) is 4.44. The van der Waals surface area contributed by atoms with Crippen molar-refractivity contribution in [3.8, 4) is 5.75 Å². The SMILES string of the molecule is N[C@@H](Cc1ccccc1)C(=O)N[C@@H](CS)C(=O)N[C@@H](Cc1ccc(O)cc1)C(=O)O. The summed E-state index contributed by atoms with van der Waals surface area (Å²) in [5, 5.41) is 23.7. The second-order valence-corrected chi connectivity index (χ2v) is 7.18. The van der Waals surface area contributed by atoms with Crippen LogP contribution in [0.1, 0.15) is 11.1 Å². The molecule has 30 heavy (non-hydrogen) atoms. The zero-order valence-corrected chi connectivity index (χ0v) is 17.1. The van der Waals surface area contributed by atoms with Gasteiger partial charge in [-0.1, -0.05) is 42.5 Å². The minimum atomic E-state index is -1.22. The second-order valence-electron chi connectivity index (χ2n) is 6.81. The van der Waals surface area contributed by atoms with E-state index in [1.54, 1.807) is 12.1 Å². The van der Waals surface area contributed by atoms with E-state index in [2.05, 4.69) is 23.3 Å². The molecule has 0 saturated heterocycles. The van der Waals surface area contributed by atoms with Crippen LogP contribution >= 0.6 is 12.6 Å². The summed E-state index contributed by atoms with van der Waals surface area (Å²) in [5.41, 5.74) is 7.44. The van der Waals surface area contributed by atoms with Gasteiger partial charge in [-0.3, -0.25) is 9.59 Å². The zero-order valence-electron chi connectivity index (χ0n) is 16.2. The molecule has 0 aromatic heterocycles. The van der Waals surface area contributed by atoms with Gasteiger partial charge in [0, 0.05) is 12.2 Å². The number of benzene rings is 2. The second kappa shape index (κ2) is 11.2. The topological polar surface area (TPSA) is 142 Å². The Bertz CT molecular complexity index is 861. The molecule has 160 valence electrons. The van der Waals surface area contributed by atoms with Crippen molar-refractivity contribution in [1.29, 1.82) is 0 Å². The molecule has 2 amide bonds. The number of hydrogen-bond donors (Lipinski definition) is 6. The Hall–Kier alpha value is -3.04. The van der Waals surface area contributed by atoms with Crippen molar-refractivity contribution in [1.82, 2.24) is 10.6 Å². The largest absolute Gasteiger partial charge is 0.508 e. The summed E-state index contributed by atoms with van der Waals surface area (Å²) in [6.07, 6.45) is 0.314. The third kappa shape index (κ3) is 7.09. The van der Waals surface area contributed by atoms with Gasteiger partial charge in [-0.05, 0) is 29.7 Å². The molecule has 3 atom stereocenters. The number of amides is 2. The summed E-state index contributed by atoms with van der Waals surface area (Å²) in [6.45, 7) is 0. The standard InChI is InChI=1S/C21H25N3O5S/c22-16(10-13-4-2-1-3-5-13)19(26)24-18(12-30)20(27)23-17(21(28)29)11-14-6-8-15(25)9-7-14/h1-9,16-18,25,30H,10-12,22H2,(H,23,27)(H,24,26)(H,28,29)/t16-,17-,18-/m0/s1. The zero-order chi connectivity index (χ0) is 22.1. The Kier molecular flexibility index (Phi) is 8.70. The van der Waals surface area contributed by atoms with Gasteiger partial charge in [0.25, 0.3) is 0 Å². The number of phenolic OH excluding ortho intramolecular Hbond substituents is 1. The average Bonchev–Trinajstić information content (AvgIpc) is 2.73. The Morgan fingerprint density at radius 3 is 2.00 bits per heavy atom. The van der Waals surface area contributed by atoms with E-state index in [1.165, 1.54) is 12.1 Å². The summed E-state index contributed by atoms with van der Waals surface area (Å²) in [5.74, 6) is -2.39. The normalized spacial score (nSPS) is 13.7. The minimum Gasteiger partial charge on any atom is -0.508 e. The van der Waals surface area contributed by atoms with Gasteiger partial charge in [0.2, 0.25) is 11.8 Å². The summed E-state index contributed by atoms with van der Waals surface area (Å²) in [4.78, 5) is 36.5. The average molecular weight is 432 g/mol. The maximum absolute atomic E-state index is 12.5. The highest BCUT2D eigenvalue weighted by molar-refractivity contribution is 7.80. The van der Waals surface area contributed by atoms with Crippen molar-refractivity contribution in [2.24, 2.45) is 5.73 Å². The van der Waals surface area contributed by atoms with E-state index in [1.807, 2.05) is 30.3 Å². The monoisotopic (exact) mass is 431 g/mol. The molecule has 6 N–H and O–H groups in total. The molecule has 0 spiro atoms. The summed E-state index contributed by atoms with van der Waals surface area (Å²) in [7, 11) is 0. The predicted molar refractivity (Wildman–Crippen MR) is 115 cm³/mol. The summed E-state index contributed by atoms with van der Waals surface area (Å²) in [6, 6.07) is 12.1. The first-order valence-corrected chi connectivity index (χ1v) is 9.95. The van der Waals surface area contributed by atoms with Crippen LogP contribution in [-0.4, -0.2) is 51.9 Å². The molecule has 0 bridgehead atoms. The van der Waals surface area contributed by atoms with Crippen molar-refractivity contribution in [3.63, 3.8) is 0 Å². The van der Waals surface area contributed by atoms with Crippen molar-refractivity contribution in [3.05, 3.63) is 65.7 Å². The Balaban J connectivity index is 1.96. The highest BCUT2D eigenvalue weighted by Crippen LogP contribution is 2.11. The number of carboxylic acid groups (broad SMARTS) is 1. The first-order chi connectivity index (χ1) is 14.3. The molecule has 0 aliphatic heterocycles. The van der Waals surface area contributed by atoms with Gasteiger partial charge in [-0.25, -0.2) is 4.79 Å². The lowest BCUT2D eigenvalue weighted by Gasteiger charge is -2.22. The van der Waals surface area contributed by atoms with Crippen LogP contribution in [0.5, 0.6) is 5.75 Å². The fourth-order valence-corrected chi connectivity index (χ4v) is 3.03. The summed E-state index contributed by atoms with van der Waals surface area (Å²) >= 11 is 4.09. The van der Waals surface area contributed by atoms with E-state index in [0.29, 0.717) is 12.0 Å². The van der Waals surface area contributed by atoms with Gasteiger partial charge >= 0.3 is 5.97 Å². The first kappa shape index (κ1) is 23.2. The molecule has 9 heteroatoms. The number of carbonyl (C=O) groups is 3. The molecule has 0 radical (unpaired) electrons. The van der Waals surface area contributed by atoms with Crippen LogP contribution < -0.4 is 16.4 Å². The Morgan fingerprint density at radius 1 is 0.867 bits per heavy atom. The molecule has 0 aliphatic carbocycles. The number of phenols is 1. The number of carboxylic acids is 1. The van der Waals surface area contributed by atoms with E-state index < -0.39 is 35.9 Å². The maximum Gasteiger partial charge on any atom is 0.326 e. The number of nitrogens with one attached hydrogen (secondary N) is 2. The number of aromatic hydroxyl groups is 1. The van der Waals surface area contributed by atoms with E-state index in [0.717, 1.165) is 5.56 Å². The van der Waals surface area contributed by atoms with Crippen LogP contribution in [0.25, 0.3) is 0 Å². The lowest BCUT2D eigenvalue weighted by Crippen LogP contribution is -2.55. The molecular formula is C21H25N3O5S. The van der Waals surface area contributed by atoms with Crippen molar-refractivity contribution in [2.75, 3.05) is 5.75 Å². The van der Waals surface area contributed by atoms with Crippen LogP contribution in [0.4, 0.5) is 0 Å². The van der Waals surface area contributed by atoms with E-state index in [-0.39, 0.29) is 17.9 Å². The van der Waals surface area contributed by atoms with Gasteiger partial charge in [-0.2, -0.15) is 12.6 Å². The quantitative estimate of drug-likeness (QED) is 0.302. The number of hydrogen-bond acceptors (Lipinski definition) is 6. The predicted octanol–water partition coefficient (Wildman–Crippen LogP) is 0.489. The van der Waals surface area contributed by atoms with Crippen LogP contribution in [0, 0.1) is 0 Å². The number of nitrogens with two attached hydrogens (primary N) is 1. The molecule has 0 unspecified atom stereocenters. The lowest BCUT2D eigenvalue weighted by atomic mass is 10.0. The smallest absolute Gasteiger partial charge is 0.326 e. The third-order valence-corrected chi connectivity index (χ3v) is 4.81. The van der Waals surface area contributed by atoms with Crippen molar-refractivity contribution >= 4 is 30.4 Å². The van der Waals surface area contributed by atoms with Gasteiger partial charge in [0.15, 0.2) is 0 Å². The number of aliphatic carboxylic acids is 1. The van der Waals surface area contributed by atoms with E-state index >= 15 is 0 Å². The molecule has 0 heterocycles. The van der Waals surface area contributed by atoms with Crippen LogP contribution in [0.15, 0.2) is 54.6 Å². The van der Waals surface area contributed by atoms with Crippen LogP contribution in [0.2, 0.25) is 0 Å². The maximum atomic E-state index is 12.5. The van der Waals surface area contributed by atoms with Gasteiger partial charge in [0.05, 0.1) is 6.04 Å². The van der Waals surface area contributed by atoms with Gasteiger partial charge < -0.3 is 26.6 Å². The molecule has 0 saturated carbocycles. The van der Waals surface area contributed by atoms with E-state index in [4.69, 9.17) is 5.73 Å². The molecule has 0 aliphatic rings.